The van der Waals surface area contributed by atoms with Crippen molar-refractivity contribution >= 4 is 55.4 Å². The first-order chi connectivity index (χ1) is 21.3. The van der Waals surface area contributed by atoms with Crippen LogP contribution in [0.3, 0.4) is 0 Å². The molecule has 3 aliphatic rings. The van der Waals surface area contributed by atoms with Crippen molar-refractivity contribution in [1.82, 2.24) is 19.4 Å². The highest BCUT2D eigenvalue weighted by Gasteiger charge is 2.55. The van der Waals surface area contributed by atoms with Crippen molar-refractivity contribution in [2.24, 2.45) is 0 Å². The van der Waals surface area contributed by atoms with E-state index in [9.17, 15) is 14.7 Å². The van der Waals surface area contributed by atoms with Crippen LogP contribution in [0.2, 0.25) is 0 Å². The van der Waals surface area contributed by atoms with E-state index in [-0.39, 0.29) is 23.6 Å². The highest BCUT2D eigenvalue weighted by molar-refractivity contribution is 6.31. The topological polar surface area (TPSA) is 98.0 Å². The van der Waals surface area contributed by atoms with Gasteiger partial charge in [-0.25, -0.2) is 0 Å². The maximum atomic E-state index is 13.9. The van der Waals surface area contributed by atoms with Crippen LogP contribution < -0.4 is 5.32 Å². The smallest absolute Gasteiger partial charge is 0.253 e. The number of aromatic nitrogens is 2. The molecule has 0 spiro atoms. The number of aromatic hydroxyl groups is 1. The quantitative estimate of drug-likeness (QED) is 0.281. The Balaban J connectivity index is 1.40. The molecule has 44 heavy (non-hydrogen) atoms. The number of fused-ring (bicyclic) bond motifs is 13. The van der Waals surface area contributed by atoms with Crippen LogP contribution in [-0.4, -0.2) is 57.3 Å². The molecule has 1 saturated heterocycles. The number of likely N-dealkylation sites (N-methyl/N-ethyl adjacent to an activating group) is 1. The zero-order chi connectivity index (χ0) is 30.1. The van der Waals surface area contributed by atoms with Crippen molar-refractivity contribution in [2.45, 2.75) is 44.0 Å². The second-order valence-corrected chi connectivity index (χ2v) is 12.3. The Bertz CT molecular complexity index is 2230. The van der Waals surface area contributed by atoms with Gasteiger partial charge < -0.3 is 33.9 Å². The lowest BCUT2D eigenvalue weighted by atomic mass is 9.91. The predicted molar refractivity (Wildman–Crippen MR) is 167 cm³/mol. The Morgan fingerprint density at radius 2 is 1.68 bits per heavy atom. The molecule has 4 aromatic carbocycles. The number of carbonyl (C=O) groups is 2. The fraction of sp³-hybridized carbons (Fsp3) is 0.257. The summed E-state index contributed by atoms with van der Waals surface area (Å²) in [6.45, 7) is 2.51. The molecule has 0 saturated carbocycles. The number of hydrogen-bond donors (Lipinski definition) is 2. The third-order valence-corrected chi connectivity index (χ3v) is 10.1. The summed E-state index contributed by atoms with van der Waals surface area (Å²) in [5.74, 6) is -0.126. The number of phenolic OH excluding ortho intramolecular Hbond substituents is 1. The van der Waals surface area contributed by atoms with Gasteiger partial charge in [-0.05, 0) is 48.9 Å². The largest absolute Gasteiger partial charge is 0.508 e. The molecule has 3 aliphatic heterocycles. The molecule has 2 bridgehead atoms. The van der Waals surface area contributed by atoms with E-state index in [0.717, 1.165) is 54.7 Å². The van der Waals surface area contributed by atoms with E-state index in [1.807, 2.05) is 31.3 Å². The van der Waals surface area contributed by atoms with E-state index >= 15 is 0 Å². The van der Waals surface area contributed by atoms with Gasteiger partial charge in [-0.1, -0.05) is 36.4 Å². The van der Waals surface area contributed by atoms with E-state index in [1.165, 1.54) is 12.1 Å². The first kappa shape index (κ1) is 25.6. The minimum absolute atomic E-state index is 0.0622. The standard InChI is InChI=1S/C35H30N4O5/c1-35-32(43-3)25(37(2)34(42)18-12-14-19(40)15-13-18)16-26(44-35)38-23-10-6-4-8-20(23)28-29-22(17-36-33(29)41)27-21-9-5-7-11-24(21)39(35)31(27)30(28)38/h4-15,25-26,32,40H,16-17H2,1-3H3,(H,36,41)/t25-,26+,32-,35-/m0/s1. The predicted octanol–water partition coefficient (Wildman–Crippen LogP) is 5.61. The van der Waals surface area contributed by atoms with Crippen LogP contribution in [0.25, 0.3) is 43.6 Å². The van der Waals surface area contributed by atoms with Gasteiger partial charge in [0.1, 0.15) is 18.1 Å². The van der Waals surface area contributed by atoms with Gasteiger partial charge in [-0.3, -0.25) is 9.59 Å². The summed E-state index contributed by atoms with van der Waals surface area (Å²) in [5, 5.41) is 17.0. The highest BCUT2D eigenvalue weighted by atomic mass is 16.6. The van der Waals surface area contributed by atoms with Gasteiger partial charge in [0, 0.05) is 54.2 Å². The lowest BCUT2D eigenvalue weighted by Crippen LogP contribution is -2.61. The van der Waals surface area contributed by atoms with Gasteiger partial charge in [0.15, 0.2) is 5.72 Å². The molecule has 9 rings (SSSR count). The molecule has 2 N–H and O–H groups in total. The minimum atomic E-state index is -1.02. The Kier molecular flexibility index (Phi) is 5.02. The average Bonchev–Trinajstić information content (AvgIpc) is 3.68. The zero-order valence-corrected chi connectivity index (χ0v) is 24.5. The maximum Gasteiger partial charge on any atom is 0.253 e. The number of para-hydroxylation sites is 2. The van der Waals surface area contributed by atoms with Crippen LogP contribution >= 0.6 is 0 Å². The Labute approximate surface area is 252 Å². The first-order valence-electron chi connectivity index (χ1n) is 14.9. The van der Waals surface area contributed by atoms with Crippen molar-refractivity contribution < 1.29 is 24.2 Å². The molecule has 6 aromatic rings. The summed E-state index contributed by atoms with van der Waals surface area (Å²) >= 11 is 0. The van der Waals surface area contributed by atoms with Gasteiger partial charge >= 0.3 is 0 Å². The summed E-state index contributed by atoms with van der Waals surface area (Å²) < 4.78 is 18.0. The van der Waals surface area contributed by atoms with Crippen LogP contribution in [-0.2, 0) is 21.7 Å². The summed E-state index contributed by atoms with van der Waals surface area (Å²) in [5.41, 5.74) is 5.11. The number of amides is 2. The van der Waals surface area contributed by atoms with Gasteiger partial charge in [0.2, 0.25) is 0 Å². The third-order valence-electron chi connectivity index (χ3n) is 10.1. The summed E-state index contributed by atoms with van der Waals surface area (Å²) in [6.07, 6.45) is -0.531. The molecule has 9 heteroatoms. The van der Waals surface area contributed by atoms with Crippen LogP contribution in [0.5, 0.6) is 5.75 Å². The molecule has 0 aliphatic carbocycles. The molecule has 0 unspecified atom stereocenters. The number of nitrogens with one attached hydrogen (secondary N) is 1. The van der Waals surface area contributed by atoms with Gasteiger partial charge in [0.25, 0.3) is 11.8 Å². The monoisotopic (exact) mass is 586 g/mol. The molecule has 1 fully saturated rings. The summed E-state index contributed by atoms with van der Waals surface area (Å²) in [7, 11) is 3.49. The van der Waals surface area contributed by atoms with Crippen molar-refractivity contribution in [2.75, 3.05) is 14.2 Å². The number of rotatable bonds is 3. The molecule has 0 radical (unpaired) electrons. The number of nitrogens with zero attached hydrogens (tertiary/aromatic N) is 3. The van der Waals surface area contributed by atoms with E-state index in [2.05, 4.69) is 45.6 Å². The normalized spacial score (nSPS) is 23.9. The number of benzene rings is 4. The number of hydrogen-bond acceptors (Lipinski definition) is 5. The first-order valence-corrected chi connectivity index (χ1v) is 14.9. The number of ether oxygens (including phenoxy) is 2. The molecule has 5 heterocycles. The zero-order valence-electron chi connectivity index (χ0n) is 24.5. The Morgan fingerprint density at radius 3 is 2.41 bits per heavy atom. The van der Waals surface area contributed by atoms with E-state index in [4.69, 9.17) is 9.47 Å². The molecular weight excluding hydrogens is 556 g/mol. The highest BCUT2D eigenvalue weighted by Crippen LogP contribution is 2.54. The maximum absolute atomic E-state index is 13.9. The minimum Gasteiger partial charge on any atom is -0.508 e. The van der Waals surface area contributed by atoms with Gasteiger partial charge in [0.05, 0.1) is 33.7 Å². The fourth-order valence-corrected chi connectivity index (χ4v) is 8.35. The molecule has 220 valence electrons. The van der Waals surface area contributed by atoms with Gasteiger partial charge in [-0.2, -0.15) is 0 Å². The van der Waals surface area contributed by atoms with Crippen molar-refractivity contribution in [3.63, 3.8) is 0 Å². The Hall–Kier alpha value is -4.86. The molecule has 2 aromatic heterocycles. The van der Waals surface area contributed by atoms with Crippen LogP contribution in [0.1, 0.15) is 45.9 Å². The van der Waals surface area contributed by atoms with Crippen LogP contribution in [0, 0.1) is 0 Å². The number of phenols is 1. The lowest BCUT2D eigenvalue weighted by Gasteiger charge is -2.50. The number of carbonyl (C=O) groups excluding carboxylic acids is 2. The van der Waals surface area contributed by atoms with Crippen LogP contribution in [0.15, 0.2) is 72.8 Å². The molecular formula is C35H30N4O5. The lowest BCUT2D eigenvalue weighted by molar-refractivity contribution is -0.264. The van der Waals surface area contributed by atoms with E-state index in [0.29, 0.717) is 18.5 Å². The fourth-order valence-electron chi connectivity index (χ4n) is 8.35. The SMILES string of the molecule is CO[C@H]1[C@@H](N(C)C(=O)c2ccc(O)cc2)C[C@H]2O[C@]1(C)n1c3ccccc3c3c4c(c5c6ccccc6n2c5c31)C(=O)NC4. The Morgan fingerprint density at radius 1 is 1.00 bits per heavy atom. The second kappa shape index (κ2) is 8.62. The molecule has 4 atom stereocenters. The van der Waals surface area contributed by atoms with Gasteiger partial charge in [-0.15, -0.1) is 0 Å². The average molecular weight is 587 g/mol. The van der Waals surface area contributed by atoms with Crippen molar-refractivity contribution in [1.29, 1.82) is 0 Å². The molecule has 2 amide bonds. The van der Waals surface area contributed by atoms with Crippen molar-refractivity contribution in [3.8, 4) is 5.75 Å². The van der Waals surface area contributed by atoms with Crippen LogP contribution in [0.4, 0.5) is 0 Å². The summed E-state index contributed by atoms with van der Waals surface area (Å²) in [4.78, 5) is 29.2. The number of methoxy groups -OCH3 is 1. The van der Waals surface area contributed by atoms with E-state index in [1.54, 1.807) is 24.1 Å². The van der Waals surface area contributed by atoms with Crippen molar-refractivity contribution in [3.05, 3.63) is 89.5 Å². The molecule has 9 nitrogen and oxygen atoms in total. The van der Waals surface area contributed by atoms with E-state index < -0.39 is 18.1 Å². The second-order valence-electron chi connectivity index (χ2n) is 12.3. The summed E-state index contributed by atoms with van der Waals surface area (Å²) in [6, 6.07) is 22.4. The third kappa shape index (κ3) is 3.00.